The number of pyridine rings is 2. The molecule has 5 rings (SSSR count). The lowest BCUT2D eigenvalue weighted by Crippen LogP contribution is -2.28. The summed E-state index contributed by atoms with van der Waals surface area (Å²) in [6.07, 6.45) is 4.72. The molecule has 2 aromatic heterocycles. The van der Waals surface area contributed by atoms with Crippen LogP contribution in [0.3, 0.4) is 0 Å². The van der Waals surface area contributed by atoms with Crippen LogP contribution in [0.25, 0.3) is 0 Å². The van der Waals surface area contributed by atoms with E-state index in [1.807, 2.05) is 0 Å². The molecule has 34 heavy (non-hydrogen) atoms. The average molecular weight is 455 g/mol. The van der Waals surface area contributed by atoms with Crippen molar-refractivity contribution in [3.8, 4) is 11.6 Å². The van der Waals surface area contributed by atoms with Crippen molar-refractivity contribution in [1.29, 1.82) is 0 Å². The van der Waals surface area contributed by atoms with Crippen molar-refractivity contribution >= 4 is 29.0 Å². The number of hydrogen-bond acceptors (Lipinski definition) is 5. The van der Waals surface area contributed by atoms with E-state index >= 15 is 0 Å². The number of aromatic nitrogens is 2. The van der Waals surface area contributed by atoms with Crippen molar-refractivity contribution in [3.63, 3.8) is 0 Å². The van der Waals surface area contributed by atoms with Gasteiger partial charge in [-0.25, -0.2) is 14.2 Å². The number of hydrogen-bond donors (Lipinski definition) is 2. The van der Waals surface area contributed by atoms with Crippen molar-refractivity contribution in [2.75, 3.05) is 10.2 Å². The van der Waals surface area contributed by atoms with E-state index in [0.717, 1.165) is 0 Å². The molecule has 2 aromatic carbocycles. The lowest BCUT2D eigenvalue weighted by atomic mass is 10.2. The molecule has 1 aliphatic heterocycles. The first-order valence-corrected chi connectivity index (χ1v) is 10.4. The fourth-order valence-corrected chi connectivity index (χ4v) is 3.57. The zero-order valence-electron chi connectivity index (χ0n) is 17.7. The molecule has 3 heterocycles. The molecule has 8 nitrogen and oxygen atoms in total. The number of urea groups is 1. The molecular formula is C25H18FN5O3. The van der Waals surface area contributed by atoms with Crippen LogP contribution in [0.15, 0.2) is 85.3 Å². The van der Waals surface area contributed by atoms with E-state index in [0.29, 0.717) is 33.9 Å². The number of benzene rings is 2. The number of rotatable bonds is 4. The third-order valence-corrected chi connectivity index (χ3v) is 5.19. The standard InChI is InChI=1S/C25H18FN5O3/c26-20-6-2-1-4-16(20)15-29-25(33)30-17-7-8-21-22(14-17)34-23-19(5-3-11-28-23)24(32)31(21)18-9-12-27-13-10-18/h1-14H,15H2,(H2,29,30,33). The van der Waals surface area contributed by atoms with Gasteiger partial charge < -0.3 is 15.4 Å². The molecule has 1 aliphatic rings. The molecule has 0 radical (unpaired) electrons. The van der Waals surface area contributed by atoms with Crippen LogP contribution >= 0.6 is 0 Å². The minimum atomic E-state index is -0.516. The lowest BCUT2D eigenvalue weighted by molar-refractivity contribution is 0.0999. The molecule has 0 aliphatic carbocycles. The normalized spacial score (nSPS) is 12.1. The Morgan fingerprint density at radius 1 is 1.00 bits per heavy atom. The molecule has 4 aromatic rings. The molecule has 0 spiro atoms. The predicted molar refractivity (Wildman–Crippen MR) is 124 cm³/mol. The molecule has 3 amide bonds. The first-order chi connectivity index (χ1) is 16.6. The van der Waals surface area contributed by atoms with Crippen LogP contribution < -0.4 is 20.3 Å². The smallest absolute Gasteiger partial charge is 0.319 e. The van der Waals surface area contributed by atoms with Crippen molar-refractivity contribution in [1.82, 2.24) is 15.3 Å². The molecule has 0 fully saturated rings. The summed E-state index contributed by atoms with van der Waals surface area (Å²) in [7, 11) is 0. The maximum atomic E-state index is 13.8. The topological polar surface area (TPSA) is 96.4 Å². The van der Waals surface area contributed by atoms with Gasteiger partial charge in [-0.15, -0.1) is 0 Å². The van der Waals surface area contributed by atoms with E-state index in [1.165, 1.54) is 17.2 Å². The van der Waals surface area contributed by atoms with Gasteiger partial charge in [-0.2, -0.15) is 0 Å². The Hall–Kier alpha value is -4.79. The third-order valence-electron chi connectivity index (χ3n) is 5.19. The van der Waals surface area contributed by atoms with Gasteiger partial charge in [-0.3, -0.25) is 14.7 Å². The SMILES string of the molecule is O=C(NCc1ccccc1F)Nc1ccc2c(c1)Oc1ncccc1C(=O)N2c1ccncc1. The Kier molecular flexibility index (Phi) is 5.57. The molecule has 2 N–H and O–H groups in total. The molecule has 0 unspecified atom stereocenters. The number of fused-ring (bicyclic) bond motifs is 2. The highest BCUT2D eigenvalue weighted by molar-refractivity contribution is 6.13. The minimum Gasteiger partial charge on any atom is -0.436 e. The maximum Gasteiger partial charge on any atom is 0.319 e. The quantitative estimate of drug-likeness (QED) is 0.450. The van der Waals surface area contributed by atoms with Crippen LogP contribution in [0.2, 0.25) is 0 Å². The van der Waals surface area contributed by atoms with E-state index < -0.39 is 11.8 Å². The molecule has 0 bridgehead atoms. The Morgan fingerprint density at radius 2 is 1.82 bits per heavy atom. The van der Waals surface area contributed by atoms with E-state index in [-0.39, 0.29) is 18.3 Å². The van der Waals surface area contributed by atoms with Gasteiger partial charge in [0.25, 0.3) is 5.91 Å². The van der Waals surface area contributed by atoms with E-state index in [4.69, 9.17) is 4.74 Å². The zero-order chi connectivity index (χ0) is 23.5. The zero-order valence-corrected chi connectivity index (χ0v) is 17.7. The minimum absolute atomic E-state index is 0.0293. The number of nitrogens with one attached hydrogen (secondary N) is 2. The number of nitrogens with zero attached hydrogens (tertiary/aromatic N) is 3. The summed E-state index contributed by atoms with van der Waals surface area (Å²) in [4.78, 5) is 35.5. The van der Waals surface area contributed by atoms with Gasteiger partial charge in [0.1, 0.15) is 11.4 Å². The monoisotopic (exact) mass is 455 g/mol. The number of carbonyl (C=O) groups excluding carboxylic acids is 2. The number of anilines is 3. The summed E-state index contributed by atoms with van der Waals surface area (Å²) in [5.41, 5.74) is 2.17. The van der Waals surface area contributed by atoms with Gasteiger partial charge >= 0.3 is 6.03 Å². The van der Waals surface area contributed by atoms with Crippen LogP contribution in [0.5, 0.6) is 11.6 Å². The molecule has 0 saturated carbocycles. The second-order valence-corrected chi connectivity index (χ2v) is 7.39. The highest BCUT2D eigenvalue weighted by atomic mass is 19.1. The van der Waals surface area contributed by atoms with Crippen LogP contribution in [-0.4, -0.2) is 21.9 Å². The lowest BCUT2D eigenvalue weighted by Gasteiger charge is -2.22. The third kappa shape index (κ3) is 4.14. The summed E-state index contributed by atoms with van der Waals surface area (Å²) >= 11 is 0. The summed E-state index contributed by atoms with van der Waals surface area (Å²) in [5.74, 6) is -0.217. The maximum absolute atomic E-state index is 13.8. The van der Waals surface area contributed by atoms with Crippen molar-refractivity contribution in [2.45, 2.75) is 6.54 Å². The Bertz CT molecular complexity index is 1380. The molecule has 0 atom stereocenters. The van der Waals surface area contributed by atoms with E-state index in [9.17, 15) is 14.0 Å². The summed E-state index contributed by atoms with van der Waals surface area (Å²) < 4.78 is 19.8. The second kappa shape index (κ2) is 8.99. The van der Waals surface area contributed by atoms with Gasteiger partial charge in [-0.05, 0) is 42.5 Å². The van der Waals surface area contributed by atoms with E-state index in [2.05, 4.69) is 20.6 Å². The van der Waals surface area contributed by atoms with Gasteiger partial charge in [-0.1, -0.05) is 18.2 Å². The average Bonchev–Trinajstić information content (AvgIpc) is 2.97. The van der Waals surface area contributed by atoms with Crippen LogP contribution in [0.1, 0.15) is 15.9 Å². The summed E-state index contributed by atoms with van der Waals surface area (Å²) in [6.45, 7) is 0.0293. The van der Waals surface area contributed by atoms with Gasteiger partial charge in [0.05, 0.1) is 11.4 Å². The Morgan fingerprint density at radius 3 is 2.65 bits per heavy atom. The van der Waals surface area contributed by atoms with E-state index in [1.54, 1.807) is 73.1 Å². The predicted octanol–water partition coefficient (Wildman–Crippen LogP) is 5.02. The van der Waals surface area contributed by atoms with Crippen LogP contribution in [-0.2, 0) is 6.54 Å². The first-order valence-electron chi connectivity index (χ1n) is 10.4. The van der Waals surface area contributed by atoms with Gasteiger partial charge in [0.2, 0.25) is 5.88 Å². The second-order valence-electron chi connectivity index (χ2n) is 7.39. The van der Waals surface area contributed by atoms with Gasteiger partial charge in [0, 0.05) is 42.5 Å². The first kappa shape index (κ1) is 21.1. The highest BCUT2D eigenvalue weighted by Gasteiger charge is 2.30. The van der Waals surface area contributed by atoms with Crippen molar-refractivity contribution in [3.05, 3.63) is 102 Å². The summed E-state index contributed by atoms with van der Waals surface area (Å²) in [6, 6.07) is 17.3. The number of carbonyl (C=O) groups is 2. The van der Waals surface area contributed by atoms with Crippen LogP contribution in [0.4, 0.5) is 26.2 Å². The van der Waals surface area contributed by atoms with Crippen molar-refractivity contribution in [2.24, 2.45) is 0 Å². The molecule has 0 saturated heterocycles. The Labute approximate surface area is 194 Å². The Balaban J connectivity index is 1.44. The fraction of sp³-hybridized carbons (Fsp3) is 0.0400. The molecule has 168 valence electrons. The highest BCUT2D eigenvalue weighted by Crippen LogP contribution is 2.42. The van der Waals surface area contributed by atoms with Crippen molar-refractivity contribution < 1.29 is 18.7 Å². The van der Waals surface area contributed by atoms with Gasteiger partial charge in [0.15, 0.2) is 5.75 Å². The van der Waals surface area contributed by atoms with Crippen LogP contribution in [0, 0.1) is 5.82 Å². The number of halogens is 1. The molecule has 9 heteroatoms. The fourth-order valence-electron chi connectivity index (χ4n) is 3.57. The summed E-state index contributed by atoms with van der Waals surface area (Å²) in [5, 5.41) is 5.33. The number of amides is 3. The largest absolute Gasteiger partial charge is 0.436 e. The molecular weight excluding hydrogens is 437 g/mol. The number of ether oxygens (including phenoxy) is 1.